The molecule has 0 unspecified atom stereocenters. The second kappa shape index (κ2) is 6.39. The van der Waals surface area contributed by atoms with Gasteiger partial charge < -0.3 is 10.1 Å². The van der Waals surface area contributed by atoms with Crippen LogP contribution in [0.1, 0.15) is 18.4 Å². The zero-order chi connectivity index (χ0) is 12.0. The first-order chi connectivity index (χ1) is 8.35. The minimum absolute atomic E-state index is 0.0919. The minimum atomic E-state index is 0.0919. The first-order valence-electron chi connectivity index (χ1n) is 6.27. The Morgan fingerprint density at radius 1 is 1.18 bits per heavy atom. The lowest BCUT2D eigenvalue weighted by Gasteiger charge is -2.36. The molecule has 2 rings (SSSR count). The number of benzene rings is 1. The van der Waals surface area contributed by atoms with Gasteiger partial charge in [0.2, 0.25) is 0 Å². The Morgan fingerprint density at radius 2 is 1.88 bits per heavy atom. The summed E-state index contributed by atoms with van der Waals surface area (Å²) in [5, 5.41) is 3.62. The van der Waals surface area contributed by atoms with Crippen molar-refractivity contribution in [3.8, 4) is 0 Å². The first-order valence-corrected chi connectivity index (χ1v) is 6.81. The van der Waals surface area contributed by atoms with Crippen LogP contribution in [0.25, 0.3) is 0 Å². The summed E-state index contributed by atoms with van der Waals surface area (Å²) >= 11 is 6.10. The zero-order valence-electron chi connectivity index (χ0n) is 10.1. The molecule has 3 heteroatoms. The van der Waals surface area contributed by atoms with E-state index in [2.05, 4.69) is 35.6 Å². The zero-order valence-corrected chi connectivity index (χ0v) is 10.9. The van der Waals surface area contributed by atoms with E-state index in [1.54, 1.807) is 0 Å². The lowest BCUT2D eigenvalue weighted by atomic mass is 9.92. The van der Waals surface area contributed by atoms with Crippen LogP contribution >= 0.6 is 11.6 Å². The van der Waals surface area contributed by atoms with Crippen molar-refractivity contribution in [2.45, 2.75) is 24.8 Å². The normalized spacial score (nSPS) is 19.1. The largest absolute Gasteiger partial charge is 0.381 e. The molecule has 17 heavy (non-hydrogen) atoms. The number of ether oxygens (including phenoxy) is 1. The van der Waals surface area contributed by atoms with Crippen LogP contribution in [0.4, 0.5) is 0 Å². The molecular weight excluding hydrogens is 234 g/mol. The Bertz CT molecular complexity index is 322. The number of rotatable bonds is 5. The molecule has 0 amide bonds. The molecule has 1 aromatic carbocycles. The molecule has 0 bridgehead atoms. The number of alkyl halides is 1. The smallest absolute Gasteiger partial charge is 0.0484 e. The molecule has 1 aliphatic heterocycles. The fraction of sp³-hybridized carbons (Fsp3) is 0.571. The van der Waals surface area contributed by atoms with Gasteiger partial charge in [-0.05, 0) is 31.4 Å². The third kappa shape index (κ3) is 3.70. The summed E-state index contributed by atoms with van der Waals surface area (Å²) in [5.74, 6) is 0.672. The molecule has 94 valence electrons. The van der Waals surface area contributed by atoms with Crippen LogP contribution in [0, 0.1) is 0 Å². The minimum Gasteiger partial charge on any atom is -0.381 e. The van der Waals surface area contributed by atoms with Crippen molar-refractivity contribution in [1.29, 1.82) is 0 Å². The third-order valence-electron chi connectivity index (χ3n) is 3.46. The highest BCUT2D eigenvalue weighted by atomic mass is 35.5. The van der Waals surface area contributed by atoms with Gasteiger partial charge in [-0.25, -0.2) is 0 Å². The average molecular weight is 254 g/mol. The van der Waals surface area contributed by atoms with Crippen molar-refractivity contribution < 1.29 is 4.74 Å². The summed E-state index contributed by atoms with van der Waals surface area (Å²) in [7, 11) is 0. The van der Waals surface area contributed by atoms with Gasteiger partial charge in [0.1, 0.15) is 0 Å². The fourth-order valence-corrected chi connectivity index (χ4v) is 2.60. The number of nitrogens with one attached hydrogen (secondary N) is 1. The van der Waals surface area contributed by atoms with Crippen molar-refractivity contribution in [3.63, 3.8) is 0 Å². The Morgan fingerprint density at radius 3 is 2.53 bits per heavy atom. The van der Waals surface area contributed by atoms with Gasteiger partial charge in [-0.15, -0.1) is 11.6 Å². The molecule has 0 spiro atoms. The Hall–Kier alpha value is -0.570. The van der Waals surface area contributed by atoms with Crippen molar-refractivity contribution in [1.82, 2.24) is 5.32 Å². The van der Waals surface area contributed by atoms with Crippen molar-refractivity contribution in [2.75, 3.05) is 25.6 Å². The van der Waals surface area contributed by atoms with Crippen LogP contribution in [-0.2, 0) is 11.2 Å². The maximum Gasteiger partial charge on any atom is 0.0484 e. The van der Waals surface area contributed by atoms with Gasteiger partial charge in [0.25, 0.3) is 0 Å². The highest BCUT2D eigenvalue weighted by Gasteiger charge is 2.30. The Kier molecular flexibility index (Phi) is 4.84. The van der Waals surface area contributed by atoms with Crippen LogP contribution in [0.5, 0.6) is 0 Å². The summed E-state index contributed by atoms with van der Waals surface area (Å²) < 4.78 is 5.39. The van der Waals surface area contributed by atoms with Crippen LogP contribution in [0.3, 0.4) is 0 Å². The fourth-order valence-electron chi connectivity index (χ4n) is 2.24. The summed E-state index contributed by atoms with van der Waals surface area (Å²) in [6.45, 7) is 2.63. The van der Waals surface area contributed by atoms with E-state index in [9.17, 15) is 0 Å². The van der Waals surface area contributed by atoms with Crippen molar-refractivity contribution >= 4 is 11.6 Å². The first kappa shape index (κ1) is 12.9. The van der Waals surface area contributed by atoms with Crippen LogP contribution in [-0.4, -0.2) is 31.2 Å². The van der Waals surface area contributed by atoms with Crippen molar-refractivity contribution in [2.24, 2.45) is 0 Å². The molecule has 2 nitrogen and oxygen atoms in total. The Balaban J connectivity index is 1.80. The van der Waals surface area contributed by atoms with Gasteiger partial charge in [-0.1, -0.05) is 30.3 Å². The van der Waals surface area contributed by atoms with E-state index in [0.29, 0.717) is 5.88 Å². The number of hydrogen-bond acceptors (Lipinski definition) is 2. The van der Waals surface area contributed by atoms with Gasteiger partial charge in [-0.2, -0.15) is 0 Å². The molecular formula is C14H20ClNO. The number of hydrogen-bond donors (Lipinski definition) is 1. The molecule has 0 saturated carbocycles. The average Bonchev–Trinajstić information content (AvgIpc) is 2.41. The molecule has 1 aliphatic rings. The second-order valence-corrected chi connectivity index (χ2v) is 4.96. The van der Waals surface area contributed by atoms with Gasteiger partial charge in [0, 0.05) is 24.6 Å². The monoisotopic (exact) mass is 253 g/mol. The van der Waals surface area contributed by atoms with Crippen LogP contribution in [0.2, 0.25) is 0 Å². The van der Waals surface area contributed by atoms with E-state index in [0.717, 1.165) is 39.0 Å². The molecule has 0 radical (unpaired) electrons. The highest BCUT2D eigenvalue weighted by Crippen LogP contribution is 2.22. The van der Waals surface area contributed by atoms with E-state index in [1.165, 1.54) is 5.56 Å². The number of halogens is 1. The molecule has 1 aromatic rings. The SMILES string of the molecule is ClCC1(NCCc2ccccc2)CCOCC1. The van der Waals surface area contributed by atoms with E-state index in [4.69, 9.17) is 16.3 Å². The Labute approximate surface area is 108 Å². The molecule has 0 aromatic heterocycles. The summed E-state index contributed by atoms with van der Waals surface area (Å²) in [6, 6.07) is 10.6. The lowest BCUT2D eigenvalue weighted by Crippen LogP contribution is -2.51. The van der Waals surface area contributed by atoms with E-state index < -0.39 is 0 Å². The van der Waals surface area contributed by atoms with E-state index >= 15 is 0 Å². The van der Waals surface area contributed by atoms with E-state index in [-0.39, 0.29) is 5.54 Å². The second-order valence-electron chi connectivity index (χ2n) is 4.69. The van der Waals surface area contributed by atoms with Crippen LogP contribution in [0.15, 0.2) is 30.3 Å². The molecule has 1 heterocycles. The van der Waals surface area contributed by atoms with Gasteiger partial charge in [0.15, 0.2) is 0 Å². The highest BCUT2D eigenvalue weighted by molar-refractivity contribution is 6.18. The third-order valence-corrected chi connectivity index (χ3v) is 3.97. The van der Waals surface area contributed by atoms with Crippen molar-refractivity contribution in [3.05, 3.63) is 35.9 Å². The molecule has 1 N–H and O–H groups in total. The molecule has 1 fully saturated rings. The molecule has 0 aliphatic carbocycles. The predicted octanol–water partition coefficient (Wildman–Crippen LogP) is 2.61. The molecule has 0 atom stereocenters. The maximum absolute atomic E-state index is 6.10. The van der Waals surface area contributed by atoms with Gasteiger partial charge in [-0.3, -0.25) is 0 Å². The van der Waals surface area contributed by atoms with Gasteiger partial charge >= 0.3 is 0 Å². The van der Waals surface area contributed by atoms with E-state index in [1.807, 2.05) is 0 Å². The quantitative estimate of drug-likeness (QED) is 0.815. The van der Waals surface area contributed by atoms with Crippen LogP contribution < -0.4 is 5.32 Å². The summed E-state index contributed by atoms with van der Waals surface area (Å²) in [5.41, 5.74) is 1.46. The summed E-state index contributed by atoms with van der Waals surface area (Å²) in [4.78, 5) is 0. The standard InChI is InChI=1S/C14H20ClNO/c15-12-14(7-10-17-11-8-14)16-9-6-13-4-2-1-3-5-13/h1-5,16H,6-12H2. The predicted molar refractivity (Wildman–Crippen MR) is 71.7 cm³/mol. The maximum atomic E-state index is 6.10. The van der Waals surface area contributed by atoms with Gasteiger partial charge in [0.05, 0.1) is 0 Å². The lowest BCUT2D eigenvalue weighted by molar-refractivity contribution is 0.0469. The molecule has 1 saturated heterocycles. The summed E-state index contributed by atoms with van der Waals surface area (Å²) in [6.07, 6.45) is 3.09. The topological polar surface area (TPSA) is 21.3 Å².